The quantitative estimate of drug-likeness (QED) is 0.858. The van der Waals surface area contributed by atoms with Gasteiger partial charge in [-0.1, -0.05) is 0 Å². The zero-order valence-electron chi connectivity index (χ0n) is 9.93. The van der Waals surface area contributed by atoms with Gasteiger partial charge in [0.1, 0.15) is 11.4 Å². The summed E-state index contributed by atoms with van der Waals surface area (Å²) in [4.78, 5) is 11.8. The molecule has 0 radical (unpaired) electrons. The van der Waals surface area contributed by atoms with E-state index in [1.807, 2.05) is 0 Å². The average Bonchev–Trinajstić information content (AvgIpc) is 2.22. The van der Waals surface area contributed by atoms with Crippen LogP contribution < -0.4 is 5.32 Å². The standard InChI is InChI=1S/C12H16FNO2/c1-8-7-9(13)5-6-10(8)14-11(15)12(2,3)16-4/h5-7H,1-4H3,(H,14,15). The number of methoxy groups -OCH3 is 1. The second-order valence-electron chi connectivity index (χ2n) is 4.13. The van der Waals surface area contributed by atoms with Crippen molar-refractivity contribution in [2.24, 2.45) is 0 Å². The molecule has 0 spiro atoms. The third kappa shape index (κ3) is 2.79. The molecular formula is C12H16FNO2. The first-order chi connectivity index (χ1) is 7.36. The van der Waals surface area contributed by atoms with Gasteiger partial charge in [-0.15, -0.1) is 0 Å². The van der Waals surface area contributed by atoms with Gasteiger partial charge in [0.05, 0.1) is 0 Å². The molecule has 0 saturated carbocycles. The fourth-order valence-electron chi connectivity index (χ4n) is 1.13. The Morgan fingerprint density at radius 3 is 2.56 bits per heavy atom. The number of hydrogen-bond acceptors (Lipinski definition) is 2. The van der Waals surface area contributed by atoms with E-state index in [4.69, 9.17) is 4.74 Å². The zero-order valence-corrected chi connectivity index (χ0v) is 9.93. The van der Waals surface area contributed by atoms with E-state index in [1.54, 1.807) is 20.8 Å². The van der Waals surface area contributed by atoms with Crippen molar-refractivity contribution in [3.8, 4) is 0 Å². The Bertz CT molecular complexity index is 402. The number of hydrogen-bond donors (Lipinski definition) is 1. The van der Waals surface area contributed by atoms with E-state index in [9.17, 15) is 9.18 Å². The Kier molecular flexibility index (Phi) is 3.65. The van der Waals surface area contributed by atoms with E-state index in [1.165, 1.54) is 25.3 Å². The topological polar surface area (TPSA) is 38.3 Å². The Balaban J connectivity index is 2.85. The Labute approximate surface area is 94.6 Å². The summed E-state index contributed by atoms with van der Waals surface area (Å²) in [6.45, 7) is 5.07. The molecule has 3 nitrogen and oxygen atoms in total. The molecule has 4 heteroatoms. The van der Waals surface area contributed by atoms with Gasteiger partial charge in [-0.05, 0) is 44.5 Å². The molecule has 1 N–H and O–H groups in total. The second-order valence-corrected chi connectivity index (χ2v) is 4.13. The van der Waals surface area contributed by atoms with Gasteiger partial charge in [0.25, 0.3) is 5.91 Å². The van der Waals surface area contributed by atoms with E-state index < -0.39 is 5.60 Å². The number of aryl methyl sites for hydroxylation is 1. The molecule has 88 valence electrons. The van der Waals surface area contributed by atoms with Crippen LogP contribution in [-0.2, 0) is 9.53 Å². The minimum Gasteiger partial charge on any atom is -0.369 e. The summed E-state index contributed by atoms with van der Waals surface area (Å²) in [5.41, 5.74) is 0.373. The van der Waals surface area contributed by atoms with Gasteiger partial charge in [0.2, 0.25) is 0 Å². The summed E-state index contributed by atoms with van der Waals surface area (Å²) < 4.78 is 17.9. The van der Waals surface area contributed by atoms with Crippen LogP contribution in [-0.4, -0.2) is 18.6 Å². The van der Waals surface area contributed by atoms with Crippen LogP contribution in [0.15, 0.2) is 18.2 Å². The third-order valence-electron chi connectivity index (χ3n) is 2.49. The molecule has 0 aliphatic carbocycles. The molecule has 0 aliphatic heterocycles. The number of nitrogens with one attached hydrogen (secondary N) is 1. The molecule has 0 aromatic heterocycles. The minimum absolute atomic E-state index is 0.260. The number of benzene rings is 1. The molecule has 0 fully saturated rings. The van der Waals surface area contributed by atoms with Crippen molar-refractivity contribution in [3.05, 3.63) is 29.6 Å². The molecule has 1 rings (SSSR count). The summed E-state index contributed by atoms with van der Waals surface area (Å²) in [6.07, 6.45) is 0. The molecule has 0 atom stereocenters. The van der Waals surface area contributed by atoms with Crippen LogP contribution in [0.2, 0.25) is 0 Å². The van der Waals surface area contributed by atoms with Gasteiger partial charge in [-0.2, -0.15) is 0 Å². The van der Waals surface area contributed by atoms with Crippen molar-refractivity contribution in [1.82, 2.24) is 0 Å². The Morgan fingerprint density at radius 1 is 1.44 bits per heavy atom. The van der Waals surface area contributed by atoms with Gasteiger partial charge in [0, 0.05) is 12.8 Å². The monoisotopic (exact) mass is 225 g/mol. The highest BCUT2D eigenvalue weighted by Gasteiger charge is 2.27. The van der Waals surface area contributed by atoms with E-state index in [0.717, 1.165) is 0 Å². The maximum atomic E-state index is 12.8. The molecule has 1 amide bonds. The van der Waals surface area contributed by atoms with Gasteiger partial charge in [-0.25, -0.2) is 4.39 Å². The van der Waals surface area contributed by atoms with Crippen LogP contribution in [0, 0.1) is 12.7 Å². The Morgan fingerprint density at radius 2 is 2.06 bits per heavy atom. The summed E-state index contributed by atoms with van der Waals surface area (Å²) in [5, 5.41) is 2.70. The Hall–Kier alpha value is -1.42. The third-order valence-corrected chi connectivity index (χ3v) is 2.49. The average molecular weight is 225 g/mol. The first-order valence-corrected chi connectivity index (χ1v) is 4.99. The molecular weight excluding hydrogens is 209 g/mol. The number of ether oxygens (including phenoxy) is 1. The molecule has 16 heavy (non-hydrogen) atoms. The number of rotatable bonds is 3. The summed E-state index contributed by atoms with van der Waals surface area (Å²) in [7, 11) is 1.47. The van der Waals surface area contributed by atoms with Gasteiger partial charge in [-0.3, -0.25) is 4.79 Å². The minimum atomic E-state index is -0.902. The highest BCUT2D eigenvalue weighted by atomic mass is 19.1. The van der Waals surface area contributed by atoms with E-state index in [-0.39, 0.29) is 11.7 Å². The molecule has 0 aliphatic rings. The van der Waals surface area contributed by atoms with Crippen molar-refractivity contribution in [2.75, 3.05) is 12.4 Å². The lowest BCUT2D eigenvalue weighted by Gasteiger charge is -2.22. The largest absolute Gasteiger partial charge is 0.369 e. The van der Waals surface area contributed by atoms with E-state index >= 15 is 0 Å². The highest BCUT2D eigenvalue weighted by Crippen LogP contribution is 2.18. The van der Waals surface area contributed by atoms with Crippen LogP contribution >= 0.6 is 0 Å². The zero-order chi connectivity index (χ0) is 12.3. The van der Waals surface area contributed by atoms with Crippen molar-refractivity contribution in [3.63, 3.8) is 0 Å². The molecule has 0 saturated heterocycles. The maximum absolute atomic E-state index is 12.8. The molecule has 0 unspecified atom stereocenters. The molecule has 0 heterocycles. The predicted octanol–water partition coefficient (Wildman–Crippen LogP) is 2.50. The number of carbonyl (C=O) groups is 1. The molecule has 1 aromatic rings. The van der Waals surface area contributed by atoms with Crippen LogP contribution in [0.25, 0.3) is 0 Å². The van der Waals surface area contributed by atoms with Crippen molar-refractivity contribution < 1.29 is 13.9 Å². The maximum Gasteiger partial charge on any atom is 0.256 e. The van der Waals surface area contributed by atoms with E-state index in [2.05, 4.69) is 5.32 Å². The summed E-state index contributed by atoms with van der Waals surface area (Å²) in [5.74, 6) is -0.578. The van der Waals surface area contributed by atoms with Crippen molar-refractivity contribution in [1.29, 1.82) is 0 Å². The number of halogens is 1. The predicted molar refractivity (Wildman–Crippen MR) is 60.9 cm³/mol. The smallest absolute Gasteiger partial charge is 0.256 e. The van der Waals surface area contributed by atoms with Crippen molar-refractivity contribution in [2.45, 2.75) is 26.4 Å². The SMILES string of the molecule is COC(C)(C)C(=O)Nc1ccc(F)cc1C. The van der Waals surface area contributed by atoms with Gasteiger partial charge in [0.15, 0.2) is 0 Å². The summed E-state index contributed by atoms with van der Waals surface area (Å²) in [6, 6.07) is 4.21. The lowest BCUT2D eigenvalue weighted by molar-refractivity contribution is -0.133. The molecule has 1 aromatic carbocycles. The number of amides is 1. The van der Waals surface area contributed by atoms with Crippen LogP contribution in [0.5, 0.6) is 0 Å². The van der Waals surface area contributed by atoms with Gasteiger partial charge < -0.3 is 10.1 Å². The summed E-state index contributed by atoms with van der Waals surface area (Å²) >= 11 is 0. The molecule has 0 bridgehead atoms. The van der Waals surface area contributed by atoms with Gasteiger partial charge >= 0.3 is 0 Å². The first-order valence-electron chi connectivity index (χ1n) is 4.99. The fourth-order valence-corrected chi connectivity index (χ4v) is 1.13. The number of carbonyl (C=O) groups excluding carboxylic acids is 1. The lowest BCUT2D eigenvalue weighted by Crippen LogP contribution is -2.38. The second kappa shape index (κ2) is 4.61. The van der Waals surface area contributed by atoms with Crippen LogP contribution in [0.4, 0.5) is 10.1 Å². The van der Waals surface area contributed by atoms with Crippen LogP contribution in [0.3, 0.4) is 0 Å². The van der Waals surface area contributed by atoms with Crippen molar-refractivity contribution >= 4 is 11.6 Å². The normalized spacial score (nSPS) is 11.3. The first kappa shape index (κ1) is 12.6. The fraction of sp³-hybridized carbons (Fsp3) is 0.417. The number of anilines is 1. The lowest BCUT2D eigenvalue weighted by atomic mass is 10.1. The van der Waals surface area contributed by atoms with E-state index in [0.29, 0.717) is 11.3 Å². The van der Waals surface area contributed by atoms with Crippen LogP contribution in [0.1, 0.15) is 19.4 Å². The highest BCUT2D eigenvalue weighted by molar-refractivity contribution is 5.97.